The first-order valence-corrected chi connectivity index (χ1v) is 13.4. The number of hydrogen-bond acceptors (Lipinski definition) is 6. The van der Waals surface area contributed by atoms with Crippen molar-refractivity contribution < 1.29 is 14.3 Å². The fourth-order valence-electron chi connectivity index (χ4n) is 4.46. The molecule has 44 heavy (non-hydrogen) atoms. The second-order valence-corrected chi connectivity index (χ2v) is 9.68. The maximum atomic E-state index is 13.2. The number of ether oxygens (including phenoxy) is 1. The summed E-state index contributed by atoms with van der Waals surface area (Å²) in [5, 5.41) is 33.3. The van der Waals surface area contributed by atoms with Crippen LogP contribution in [-0.2, 0) is 6.61 Å². The highest BCUT2D eigenvalue weighted by molar-refractivity contribution is 6.09. The van der Waals surface area contributed by atoms with E-state index in [0.717, 1.165) is 16.7 Å². The van der Waals surface area contributed by atoms with E-state index in [0.29, 0.717) is 33.8 Å². The van der Waals surface area contributed by atoms with Crippen molar-refractivity contribution in [3.63, 3.8) is 0 Å². The Balaban J connectivity index is 1.39. The van der Waals surface area contributed by atoms with Crippen molar-refractivity contribution in [1.82, 2.24) is 0 Å². The monoisotopic (exact) mass is 573 g/mol. The molecule has 0 aromatic heterocycles. The van der Waals surface area contributed by atoms with E-state index in [1.54, 1.807) is 54.6 Å². The minimum Gasteiger partial charge on any atom is -0.489 e. The Morgan fingerprint density at radius 3 is 1.73 bits per heavy atom. The van der Waals surface area contributed by atoms with Gasteiger partial charge in [0.25, 0.3) is 11.8 Å². The summed E-state index contributed by atoms with van der Waals surface area (Å²) >= 11 is 0. The molecule has 2 amide bonds. The molecule has 5 aromatic rings. The third-order valence-corrected chi connectivity index (χ3v) is 6.65. The van der Waals surface area contributed by atoms with Crippen molar-refractivity contribution in [1.29, 1.82) is 15.8 Å². The number of nitriles is 3. The van der Waals surface area contributed by atoms with Crippen molar-refractivity contribution in [2.24, 2.45) is 0 Å². The Labute approximate surface area is 254 Å². The van der Waals surface area contributed by atoms with Crippen LogP contribution in [0.25, 0.3) is 11.1 Å². The zero-order chi connectivity index (χ0) is 30.9. The molecule has 0 saturated carbocycles. The Bertz CT molecular complexity index is 1910. The van der Waals surface area contributed by atoms with E-state index in [4.69, 9.17) is 4.74 Å². The van der Waals surface area contributed by atoms with E-state index in [-0.39, 0.29) is 17.7 Å². The zero-order valence-electron chi connectivity index (χ0n) is 23.2. The molecule has 8 nitrogen and oxygen atoms in total. The quantitative estimate of drug-likeness (QED) is 0.204. The SMILES string of the molecule is N#Cc1cccc(NC(=O)c2cc(OCc3ccc(-c4ccccc4C#N)cc3)cc(C(=O)Nc3cccc(C#N)c3)c2)c1. The number of rotatable bonds is 8. The summed E-state index contributed by atoms with van der Waals surface area (Å²) in [6, 6.07) is 38.7. The molecule has 0 aliphatic carbocycles. The normalized spacial score (nSPS) is 10.0. The number of amides is 2. The smallest absolute Gasteiger partial charge is 0.255 e. The van der Waals surface area contributed by atoms with Crippen LogP contribution in [0.4, 0.5) is 11.4 Å². The predicted octanol–water partition coefficient (Wildman–Crippen LogP) is 7.05. The summed E-state index contributed by atoms with van der Waals surface area (Å²) in [5.74, 6) is -0.698. The molecule has 0 spiro atoms. The highest BCUT2D eigenvalue weighted by Gasteiger charge is 2.16. The largest absolute Gasteiger partial charge is 0.489 e. The first-order chi connectivity index (χ1) is 21.4. The molecular formula is C36H23N5O3. The summed E-state index contributed by atoms with van der Waals surface area (Å²) in [5.41, 5.74) is 5.12. The van der Waals surface area contributed by atoms with Crippen molar-refractivity contribution in [2.45, 2.75) is 6.61 Å². The van der Waals surface area contributed by atoms with Crippen LogP contribution >= 0.6 is 0 Å². The van der Waals surface area contributed by atoms with Gasteiger partial charge in [-0.3, -0.25) is 9.59 Å². The third kappa shape index (κ3) is 6.95. The summed E-state index contributed by atoms with van der Waals surface area (Å²) in [4.78, 5) is 26.5. The molecule has 0 atom stereocenters. The lowest BCUT2D eigenvalue weighted by Gasteiger charge is -2.13. The van der Waals surface area contributed by atoms with Crippen LogP contribution in [0.5, 0.6) is 5.75 Å². The van der Waals surface area contributed by atoms with Crippen molar-refractivity contribution >= 4 is 23.2 Å². The van der Waals surface area contributed by atoms with E-state index in [9.17, 15) is 25.4 Å². The van der Waals surface area contributed by atoms with Crippen LogP contribution in [0.2, 0.25) is 0 Å². The first-order valence-electron chi connectivity index (χ1n) is 13.4. The molecule has 8 heteroatoms. The number of hydrogen-bond donors (Lipinski definition) is 2. The topological polar surface area (TPSA) is 139 Å². The molecule has 0 heterocycles. The van der Waals surface area contributed by atoms with Crippen LogP contribution in [0.15, 0.2) is 115 Å². The van der Waals surface area contributed by atoms with E-state index >= 15 is 0 Å². The second-order valence-electron chi connectivity index (χ2n) is 9.68. The molecule has 0 fully saturated rings. The van der Waals surface area contributed by atoms with Crippen LogP contribution in [0, 0.1) is 34.0 Å². The second kappa shape index (κ2) is 13.3. The van der Waals surface area contributed by atoms with Crippen LogP contribution < -0.4 is 15.4 Å². The molecule has 0 saturated heterocycles. The number of carbonyl (C=O) groups is 2. The lowest BCUT2D eigenvalue weighted by molar-refractivity contribution is 0.102. The molecule has 0 aliphatic rings. The minimum absolute atomic E-state index is 0.154. The Hall–Kier alpha value is -6.69. The highest BCUT2D eigenvalue weighted by atomic mass is 16.5. The van der Waals surface area contributed by atoms with Gasteiger partial charge in [-0.15, -0.1) is 0 Å². The van der Waals surface area contributed by atoms with Crippen LogP contribution in [0.3, 0.4) is 0 Å². The van der Waals surface area contributed by atoms with Crippen molar-refractivity contribution in [3.8, 4) is 35.1 Å². The number of benzene rings is 5. The molecule has 0 bridgehead atoms. The first kappa shape index (κ1) is 28.8. The van der Waals surface area contributed by atoms with Gasteiger partial charge >= 0.3 is 0 Å². The standard InChI is InChI=1S/C36H23N5O3/c37-20-25-5-3-8-31(15-25)40-35(42)29-17-30(36(43)41-32-9-4-6-26(16-32)21-38)19-33(18-29)44-23-24-11-13-27(14-12-24)34-10-2-1-7-28(34)22-39/h1-19H,23H2,(H,40,42)(H,41,43). The van der Waals surface area contributed by atoms with Crippen LogP contribution in [-0.4, -0.2) is 11.8 Å². The predicted molar refractivity (Wildman–Crippen MR) is 166 cm³/mol. The van der Waals surface area contributed by atoms with Gasteiger partial charge in [-0.2, -0.15) is 15.8 Å². The lowest BCUT2D eigenvalue weighted by Crippen LogP contribution is -2.16. The van der Waals surface area contributed by atoms with Gasteiger partial charge in [-0.1, -0.05) is 54.6 Å². The van der Waals surface area contributed by atoms with E-state index < -0.39 is 11.8 Å². The van der Waals surface area contributed by atoms with Crippen LogP contribution in [0.1, 0.15) is 43.0 Å². The molecule has 0 aliphatic heterocycles. The maximum absolute atomic E-state index is 13.2. The number of nitrogens with one attached hydrogen (secondary N) is 2. The van der Waals surface area contributed by atoms with E-state index in [1.165, 1.54) is 18.2 Å². The highest BCUT2D eigenvalue weighted by Crippen LogP contribution is 2.25. The van der Waals surface area contributed by atoms with Gasteiger partial charge in [0.05, 0.1) is 34.9 Å². The Morgan fingerprint density at radius 1 is 0.614 bits per heavy atom. The van der Waals surface area contributed by atoms with Gasteiger partial charge in [0.1, 0.15) is 12.4 Å². The van der Waals surface area contributed by atoms with Gasteiger partial charge in [0.2, 0.25) is 0 Å². The van der Waals surface area contributed by atoms with Gasteiger partial charge in [0, 0.05) is 22.5 Å². The zero-order valence-corrected chi connectivity index (χ0v) is 23.2. The van der Waals surface area contributed by atoms with Crippen molar-refractivity contribution in [3.05, 3.63) is 149 Å². The molecule has 5 aromatic carbocycles. The fraction of sp³-hybridized carbons (Fsp3) is 0.0278. The van der Waals surface area contributed by atoms with Gasteiger partial charge in [-0.05, 0) is 77.4 Å². The number of anilines is 2. The average Bonchev–Trinajstić information content (AvgIpc) is 3.07. The molecular weight excluding hydrogens is 550 g/mol. The van der Waals surface area contributed by atoms with Gasteiger partial charge in [-0.25, -0.2) is 0 Å². The van der Waals surface area contributed by atoms with Gasteiger partial charge < -0.3 is 15.4 Å². The Kier molecular flexibility index (Phi) is 8.72. The summed E-state index contributed by atoms with van der Waals surface area (Å²) in [7, 11) is 0. The average molecular weight is 574 g/mol. The van der Waals surface area contributed by atoms with Gasteiger partial charge in [0.15, 0.2) is 0 Å². The van der Waals surface area contributed by atoms with E-state index in [2.05, 4.69) is 16.7 Å². The third-order valence-electron chi connectivity index (χ3n) is 6.65. The summed E-state index contributed by atoms with van der Waals surface area (Å²) in [6.07, 6.45) is 0. The molecule has 2 N–H and O–H groups in total. The lowest BCUT2D eigenvalue weighted by atomic mass is 9.99. The Morgan fingerprint density at radius 2 is 1.18 bits per heavy atom. The molecule has 0 unspecified atom stereocenters. The molecule has 5 rings (SSSR count). The molecule has 210 valence electrons. The maximum Gasteiger partial charge on any atom is 0.255 e. The van der Waals surface area contributed by atoms with E-state index in [1.807, 2.05) is 54.6 Å². The van der Waals surface area contributed by atoms with Crippen molar-refractivity contribution in [2.75, 3.05) is 10.6 Å². The minimum atomic E-state index is -0.494. The number of nitrogens with zero attached hydrogens (tertiary/aromatic N) is 3. The fourth-order valence-corrected chi connectivity index (χ4v) is 4.46. The number of carbonyl (C=O) groups excluding carboxylic acids is 2. The molecule has 0 radical (unpaired) electrons. The summed E-state index contributed by atoms with van der Waals surface area (Å²) < 4.78 is 6.04. The summed E-state index contributed by atoms with van der Waals surface area (Å²) in [6.45, 7) is 0.154.